The fourth-order valence-electron chi connectivity index (χ4n) is 4.84. The lowest BCUT2D eigenvalue weighted by molar-refractivity contribution is -0.132. The normalized spacial score (nSPS) is 16.1. The molecule has 4 aromatic rings. The zero-order valence-electron chi connectivity index (χ0n) is 23.7. The molecule has 1 fully saturated rings. The standard InChI is InChI=1S/C33H30N2O6S/c1-5-40-32(39)30-21(4)34-33(42-30)35-27(23-13-11-19(2)12-14-23)26(29(37)31(35)38)28(36)25-16-15-24(17-20(25)3)41-18-22-9-7-6-8-10-22/h6-17,27,36H,5,18H2,1-4H3/b28-26-. The molecule has 5 rings (SSSR count). The van der Waals surface area contributed by atoms with Crippen molar-refractivity contribution in [2.45, 2.75) is 40.3 Å². The van der Waals surface area contributed by atoms with Crippen molar-refractivity contribution >= 4 is 39.9 Å². The van der Waals surface area contributed by atoms with Gasteiger partial charge in [0.2, 0.25) is 0 Å². The van der Waals surface area contributed by atoms with Gasteiger partial charge in [0, 0.05) is 5.56 Å². The first-order valence-corrected chi connectivity index (χ1v) is 14.3. The summed E-state index contributed by atoms with van der Waals surface area (Å²) in [7, 11) is 0. The number of ether oxygens (including phenoxy) is 2. The molecule has 42 heavy (non-hydrogen) atoms. The summed E-state index contributed by atoms with van der Waals surface area (Å²) in [6.45, 7) is 7.65. The molecule has 1 saturated heterocycles. The number of hydrogen-bond acceptors (Lipinski definition) is 8. The molecule has 2 heterocycles. The maximum atomic E-state index is 13.6. The first kappa shape index (κ1) is 28.8. The van der Waals surface area contributed by atoms with Gasteiger partial charge in [-0.25, -0.2) is 9.78 Å². The van der Waals surface area contributed by atoms with Crippen LogP contribution in [0.5, 0.6) is 5.75 Å². The smallest absolute Gasteiger partial charge is 0.350 e. The number of aryl methyl sites for hydroxylation is 3. The highest BCUT2D eigenvalue weighted by molar-refractivity contribution is 7.17. The number of ketones is 1. The average molecular weight is 583 g/mol. The fourth-order valence-corrected chi connectivity index (χ4v) is 5.83. The average Bonchev–Trinajstić information content (AvgIpc) is 3.49. The summed E-state index contributed by atoms with van der Waals surface area (Å²) in [5.74, 6) is -1.92. The van der Waals surface area contributed by atoms with Crippen LogP contribution in [-0.2, 0) is 20.9 Å². The highest BCUT2D eigenvalue weighted by atomic mass is 32.1. The molecule has 1 unspecified atom stereocenters. The minimum atomic E-state index is -0.959. The van der Waals surface area contributed by atoms with Crippen LogP contribution in [0.25, 0.3) is 5.76 Å². The number of esters is 1. The zero-order valence-corrected chi connectivity index (χ0v) is 24.5. The molecule has 0 aliphatic carbocycles. The lowest BCUT2D eigenvalue weighted by atomic mass is 9.93. The minimum Gasteiger partial charge on any atom is -0.507 e. The molecule has 1 aliphatic heterocycles. The molecule has 0 saturated carbocycles. The molecule has 214 valence electrons. The van der Waals surface area contributed by atoms with E-state index < -0.39 is 23.7 Å². The van der Waals surface area contributed by atoms with E-state index in [2.05, 4.69) is 4.98 Å². The summed E-state index contributed by atoms with van der Waals surface area (Å²) in [6.07, 6.45) is 0. The number of anilines is 1. The second-order valence-electron chi connectivity index (χ2n) is 9.96. The Morgan fingerprint density at radius 2 is 1.71 bits per heavy atom. The van der Waals surface area contributed by atoms with Gasteiger partial charge in [-0.05, 0) is 62.6 Å². The number of aliphatic hydroxyl groups is 1. The number of Topliss-reactive ketones (excluding diaryl/α,β-unsaturated/α-hetero) is 1. The number of thiazole rings is 1. The van der Waals surface area contributed by atoms with Crippen LogP contribution in [0.2, 0.25) is 0 Å². The first-order valence-electron chi connectivity index (χ1n) is 13.5. The minimum absolute atomic E-state index is 0.0598. The Kier molecular flexibility index (Phi) is 8.22. The van der Waals surface area contributed by atoms with E-state index in [0.717, 1.165) is 22.5 Å². The molecule has 1 amide bonds. The maximum Gasteiger partial charge on any atom is 0.350 e. The lowest BCUT2D eigenvalue weighted by Crippen LogP contribution is -2.29. The summed E-state index contributed by atoms with van der Waals surface area (Å²) < 4.78 is 11.1. The Morgan fingerprint density at radius 3 is 2.38 bits per heavy atom. The predicted octanol–water partition coefficient (Wildman–Crippen LogP) is 6.45. The number of aliphatic hydroxyl groups excluding tert-OH is 1. The van der Waals surface area contributed by atoms with Gasteiger partial charge in [0.1, 0.15) is 23.0 Å². The summed E-state index contributed by atoms with van der Waals surface area (Å²) in [6, 6.07) is 21.3. The van der Waals surface area contributed by atoms with E-state index in [4.69, 9.17) is 9.47 Å². The van der Waals surface area contributed by atoms with Gasteiger partial charge in [0.05, 0.1) is 23.9 Å². The molecule has 1 atom stereocenters. The SMILES string of the molecule is CCOC(=O)c1sc(N2C(=O)C(=O)/C(=C(\O)c3ccc(OCc4ccccc4)cc3C)C2c2ccc(C)cc2)nc1C. The molecule has 1 N–H and O–H groups in total. The Morgan fingerprint density at radius 1 is 1.00 bits per heavy atom. The largest absolute Gasteiger partial charge is 0.507 e. The highest BCUT2D eigenvalue weighted by Gasteiger charge is 2.48. The van der Waals surface area contributed by atoms with E-state index in [1.807, 2.05) is 61.5 Å². The van der Waals surface area contributed by atoms with Crippen LogP contribution in [0.15, 0.2) is 78.4 Å². The summed E-state index contributed by atoms with van der Waals surface area (Å²) in [5.41, 5.74) is 4.03. The quantitative estimate of drug-likeness (QED) is 0.110. The van der Waals surface area contributed by atoms with Crippen molar-refractivity contribution in [1.29, 1.82) is 0 Å². The van der Waals surface area contributed by atoms with Crippen molar-refractivity contribution in [2.24, 2.45) is 0 Å². The number of rotatable bonds is 8. The Hall–Kier alpha value is -4.76. The number of carbonyl (C=O) groups excluding carboxylic acids is 3. The van der Waals surface area contributed by atoms with Gasteiger partial charge in [-0.3, -0.25) is 14.5 Å². The van der Waals surface area contributed by atoms with Crippen LogP contribution in [-0.4, -0.2) is 34.4 Å². The first-order chi connectivity index (χ1) is 20.2. The van der Waals surface area contributed by atoms with Gasteiger partial charge in [-0.15, -0.1) is 0 Å². The van der Waals surface area contributed by atoms with E-state index in [1.54, 1.807) is 39.0 Å². The van der Waals surface area contributed by atoms with Crippen molar-refractivity contribution in [3.05, 3.63) is 117 Å². The zero-order chi connectivity index (χ0) is 30.0. The second kappa shape index (κ2) is 12.0. The molecule has 1 aliphatic rings. The van der Waals surface area contributed by atoms with Crippen LogP contribution in [0.3, 0.4) is 0 Å². The number of aromatic nitrogens is 1. The molecular formula is C33H30N2O6S. The Bertz CT molecular complexity index is 1690. The second-order valence-corrected chi connectivity index (χ2v) is 10.9. The van der Waals surface area contributed by atoms with Crippen molar-refractivity contribution in [2.75, 3.05) is 11.5 Å². The van der Waals surface area contributed by atoms with Gasteiger partial charge in [-0.2, -0.15) is 0 Å². The van der Waals surface area contributed by atoms with Gasteiger partial charge in [0.25, 0.3) is 5.78 Å². The molecule has 0 bridgehead atoms. The van der Waals surface area contributed by atoms with Crippen molar-refractivity contribution in [1.82, 2.24) is 4.98 Å². The molecule has 8 nitrogen and oxygen atoms in total. The van der Waals surface area contributed by atoms with Crippen LogP contribution in [0, 0.1) is 20.8 Å². The van der Waals surface area contributed by atoms with E-state index in [1.165, 1.54) is 4.90 Å². The van der Waals surface area contributed by atoms with Crippen molar-refractivity contribution in [3.63, 3.8) is 0 Å². The Balaban J connectivity index is 1.57. The number of benzene rings is 3. The van der Waals surface area contributed by atoms with Crippen LogP contribution in [0.1, 0.15) is 56.1 Å². The third-order valence-electron chi connectivity index (χ3n) is 6.99. The molecule has 0 spiro atoms. The fraction of sp³-hybridized carbons (Fsp3) is 0.212. The van der Waals surface area contributed by atoms with E-state index in [-0.39, 0.29) is 27.9 Å². The van der Waals surface area contributed by atoms with Gasteiger partial charge in [0.15, 0.2) is 5.13 Å². The monoisotopic (exact) mass is 582 g/mol. The number of amides is 1. The van der Waals surface area contributed by atoms with Gasteiger partial charge < -0.3 is 14.6 Å². The van der Waals surface area contributed by atoms with Crippen LogP contribution < -0.4 is 9.64 Å². The van der Waals surface area contributed by atoms with Crippen molar-refractivity contribution in [3.8, 4) is 5.75 Å². The summed E-state index contributed by atoms with van der Waals surface area (Å²) in [4.78, 5) is 45.6. The highest BCUT2D eigenvalue weighted by Crippen LogP contribution is 2.44. The van der Waals surface area contributed by atoms with E-state index in [0.29, 0.717) is 34.7 Å². The number of hydrogen-bond donors (Lipinski definition) is 1. The molecule has 9 heteroatoms. The summed E-state index contributed by atoms with van der Waals surface area (Å²) in [5, 5.41) is 11.8. The Labute approximate surface area is 247 Å². The maximum absolute atomic E-state index is 13.6. The number of nitrogens with zero attached hydrogens (tertiary/aromatic N) is 2. The van der Waals surface area contributed by atoms with E-state index >= 15 is 0 Å². The summed E-state index contributed by atoms with van der Waals surface area (Å²) >= 11 is 0.977. The topological polar surface area (TPSA) is 106 Å². The van der Waals surface area contributed by atoms with Crippen molar-refractivity contribution < 1.29 is 29.0 Å². The number of carbonyl (C=O) groups is 3. The molecule has 3 aromatic carbocycles. The molecule has 1 aromatic heterocycles. The van der Waals surface area contributed by atoms with Gasteiger partial charge >= 0.3 is 11.9 Å². The third kappa shape index (κ3) is 5.56. The predicted molar refractivity (Wildman–Crippen MR) is 161 cm³/mol. The van der Waals surface area contributed by atoms with E-state index in [9.17, 15) is 19.5 Å². The van der Waals surface area contributed by atoms with Crippen LogP contribution in [0.4, 0.5) is 5.13 Å². The third-order valence-corrected chi connectivity index (χ3v) is 8.13. The molecular weight excluding hydrogens is 552 g/mol. The molecule has 0 radical (unpaired) electrons. The van der Waals surface area contributed by atoms with Gasteiger partial charge in [-0.1, -0.05) is 71.5 Å². The lowest BCUT2D eigenvalue weighted by Gasteiger charge is -2.23. The van der Waals surface area contributed by atoms with Crippen LogP contribution >= 0.6 is 11.3 Å².